The lowest BCUT2D eigenvalue weighted by atomic mass is 10.3. The molecule has 23 heavy (non-hydrogen) atoms. The average molecular weight is 333 g/mol. The van der Waals surface area contributed by atoms with Gasteiger partial charge in [-0.25, -0.2) is 4.68 Å². The molecule has 1 aromatic heterocycles. The standard InChI is InChI=1S/C15H19N5O2S/c1-3-22-13-7-5-4-6-12(13)16-14(21)10(2)23-15-17-18-19-20(15)11-8-9-11/h4-7,10-11H,3,8-9H2,1-2H3,(H,16,21). The molecule has 1 amide bonds. The number of para-hydroxylation sites is 2. The van der Waals surface area contributed by atoms with Crippen LogP contribution in [-0.4, -0.2) is 38.0 Å². The van der Waals surface area contributed by atoms with E-state index in [-0.39, 0.29) is 11.2 Å². The zero-order valence-electron chi connectivity index (χ0n) is 13.1. The van der Waals surface area contributed by atoms with E-state index in [1.165, 1.54) is 11.8 Å². The highest BCUT2D eigenvalue weighted by molar-refractivity contribution is 8.00. The first-order valence-corrected chi connectivity index (χ1v) is 8.54. The molecule has 8 heteroatoms. The molecule has 1 N–H and O–H groups in total. The normalized spacial score (nSPS) is 15.2. The molecule has 0 radical (unpaired) electrons. The Morgan fingerprint density at radius 2 is 2.26 bits per heavy atom. The van der Waals surface area contributed by atoms with E-state index in [0.717, 1.165) is 12.8 Å². The highest BCUT2D eigenvalue weighted by Gasteiger charge is 2.29. The van der Waals surface area contributed by atoms with Gasteiger partial charge >= 0.3 is 0 Å². The number of nitrogens with one attached hydrogen (secondary N) is 1. The van der Waals surface area contributed by atoms with Gasteiger partial charge in [-0.05, 0) is 49.2 Å². The van der Waals surface area contributed by atoms with Crippen molar-refractivity contribution in [2.75, 3.05) is 11.9 Å². The van der Waals surface area contributed by atoms with Crippen LogP contribution in [0.3, 0.4) is 0 Å². The van der Waals surface area contributed by atoms with E-state index < -0.39 is 0 Å². The Bertz CT molecular complexity index is 686. The van der Waals surface area contributed by atoms with Gasteiger partial charge in [0.2, 0.25) is 11.1 Å². The van der Waals surface area contributed by atoms with Crippen LogP contribution in [-0.2, 0) is 4.79 Å². The topological polar surface area (TPSA) is 81.9 Å². The van der Waals surface area contributed by atoms with Crippen molar-refractivity contribution in [3.63, 3.8) is 0 Å². The Morgan fingerprint density at radius 3 is 3.00 bits per heavy atom. The van der Waals surface area contributed by atoms with Crippen molar-refractivity contribution in [1.29, 1.82) is 0 Å². The predicted molar refractivity (Wildman–Crippen MR) is 87.6 cm³/mol. The molecule has 0 aliphatic heterocycles. The number of aromatic nitrogens is 4. The summed E-state index contributed by atoms with van der Waals surface area (Å²) in [5, 5.41) is 15.0. The third kappa shape index (κ3) is 3.82. The van der Waals surface area contributed by atoms with Crippen molar-refractivity contribution in [2.45, 2.75) is 43.1 Å². The number of tetrazole rings is 1. The summed E-state index contributed by atoms with van der Waals surface area (Å²) >= 11 is 1.37. The van der Waals surface area contributed by atoms with Gasteiger partial charge in [-0.3, -0.25) is 4.79 Å². The fourth-order valence-corrected chi connectivity index (χ4v) is 2.97. The second-order valence-corrected chi connectivity index (χ2v) is 6.62. The van der Waals surface area contributed by atoms with Crippen LogP contribution in [0.2, 0.25) is 0 Å². The Balaban J connectivity index is 1.64. The number of nitrogens with zero attached hydrogens (tertiary/aromatic N) is 4. The molecule has 122 valence electrons. The summed E-state index contributed by atoms with van der Waals surface area (Å²) in [5.41, 5.74) is 0.675. The van der Waals surface area contributed by atoms with Crippen LogP contribution in [0.1, 0.15) is 32.7 Å². The van der Waals surface area contributed by atoms with Crippen molar-refractivity contribution >= 4 is 23.4 Å². The summed E-state index contributed by atoms with van der Waals surface area (Å²) in [7, 11) is 0. The SMILES string of the molecule is CCOc1ccccc1NC(=O)C(C)Sc1nnnn1C1CC1. The lowest BCUT2D eigenvalue weighted by molar-refractivity contribution is -0.115. The molecule has 1 atom stereocenters. The molecule has 1 unspecified atom stereocenters. The molecule has 1 saturated carbocycles. The van der Waals surface area contributed by atoms with E-state index in [1.807, 2.05) is 42.8 Å². The second kappa shape index (κ2) is 6.99. The third-order valence-electron chi connectivity index (χ3n) is 3.45. The molecular formula is C15H19N5O2S. The first kappa shape index (κ1) is 15.8. The second-order valence-electron chi connectivity index (χ2n) is 5.32. The third-order valence-corrected chi connectivity index (χ3v) is 4.50. The highest BCUT2D eigenvalue weighted by atomic mass is 32.2. The predicted octanol–water partition coefficient (Wildman–Crippen LogP) is 2.53. The van der Waals surface area contributed by atoms with Crippen molar-refractivity contribution in [1.82, 2.24) is 20.2 Å². The summed E-state index contributed by atoms with van der Waals surface area (Å²) in [4.78, 5) is 12.4. The molecule has 0 saturated heterocycles. The molecule has 1 aromatic carbocycles. The highest BCUT2D eigenvalue weighted by Crippen LogP contribution is 2.37. The zero-order chi connectivity index (χ0) is 16.2. The molecule has 2 aromatic rings. The number of amides is 1. The van der Waals surface area contributed by atoms with E-state index in [0.29, 0.717) is 29.2 Å². The summed E-state index contributed by atoms with van der Waals surface area (Å²) in [6.07, 6.45) is 2.20. The lowest BCUT2D eigenvalue weighted by Crippen LogP contribution is -2.23. The summed E-state index contributed by atoms with van der Waals surface area (Å²) in [6.45, 7) is 4.30. The van der Waals surface area contributed by atoms with Crippen LogP contribution in [0.4, 0.5) is 5.69 Å². The number of ether oxygens (including phenoxy) is 1. The average Bonchev–Trinajstić information content (AvgIpc) is 3.29. The molecule has 1 fully saturated rings. The Labute approximate surface area is 138 Å². The monoisotopic (exact) mass is 333 g/mol. The Kier molecular flexibility index (Phi) is 4.80. The molecule has 1 aliphatic carbocycles. The van der Waals surface area contributed by atoms with Crippen LogP contribution in [0, 0.1) is 0 Å². The Morgan fingerprint density at radius 1 is 1.48 bits per heavy atom. The van der Waals surface area contributed by atoms with Crippen LogP contribution in [0.5, 0.6) is 5.75 Å². The number of benzene rings is 1. The van der Waals surface area contributed by atoms with Gasteiger partial charge in [0.05, 0.1) is 23.6 Å². The quantitative estimate of drug-likeness (QED) is 0.784. The molecule has 0 spiro atoms. The minimum absolute atomic E-state index is 0.104. The zero-order valence-corrected chi connectivity index (χ0v) is 13.9. The van der Waals surface area contributed by atoms with Gasteiger partial charge in [0, 0.05) is 0 Å². The van der Waals surface area contributed by atoms with E-state index in [1.54, 1.807) is 0 Å². The minimum Gasteiger partial charge on any atom is -0.492 e. The first-order chi connectivity index (χ1) is 11.2. The molecular weight excluding hydrogens is 314 g/mol. The molecule has 0 bridgehead atoms. The van der Waals surface area contributed by atoms with Crippen molar-refractivity contribution in [3.8, 4) is 5.75 Å². The number of carbonyl (C=O) groups excluding carboxylic acids is 1. The van der Waals surface area contributed by atoms with E-state index in [4.69, 9.17) is 4.74 Å². The van der Waals surface area contributed by atoms with Crippen LogP contribution < -0.4 is 10.1 Å². The number of carbonyl (C=O) groups is 1. The maximum atomic E-state index is 12.4. The number of hydrogen-bond donors (Lipinski definition) is 1. The van der Waals surface area contributed by atoms with E-state index in [2.05, 4.69) is 20.8 Å². The maximum Gasteiger partial charge on any atom is 0.237 e. The lowest BCUT2D eigenvalue weighted by Gasteiger charge is -2.14. The van der Waals surface area contributed by atoms with E-state index in [9.17, 15) is 4.79 Å². The largest absolute Gasteiger partial charge is 0.492 e. The van der Waals surface area contributed by atoms with Crippen molar-refractivity contribution in [3.05, 3.63) is 24.3 Å². The maximum absolute atomic E-state index is 12.4. The van der Waals surface area contributed by atoms with Gasteiger partial charge in [0.1, 0.15) is 5.75 Å². The Hall–Kier alpha value is -2.09. The van der Waals surface area contributed by atoms with Gasteiger partial charge in [-0.15, -0.1) is 5.10 Å². The molecule has 1 aliphatic rings. The number of hydrogen-bond acceptors (Lipinski definition) is 6. The summed E-state index contributed by atoms with van der Waals surface area (Å²) in [5.74, 6) is 0.566. The van der Waals surface area contributed by atoms with Gasteiger partial charge < -0.3 is 10.1 Å². The summed E-state index contributed by atoms with van der Waals surface area (Å²) in [6, 6.07) is 7.80. The summed E-state index contributed by atoms with van der Waals surface area (Å²) < 4.78 is 7.33. The van der Waals surface area contributed by atoms with Gasteiger partial charge in [-0.2, -0.15) is 0 Å². The minimum atomic E-state index is -0.312. The fourth-order valence-electron chi connectivity index (χ4n) is 2.11. The van der Waals surface area contributed by atoms with Crippen LogP contribution >= 0.6 is 11.8 Å². The van der Waals surface area contributed by atoms with Crippen molar-refractivity contribution < 1.29 is 9.53 Å². The van der Waals surface area contributed by atoms with Gasteiger partial charge in [0.15, 0.2) is 0 Å². The number of thioether (sulfide) groups is 1. The van der Waals surface area contributed by atoms with Crippen LogP contribution in [0.25, 0.3) is 0 Å². The van der Waals surface area contributed by atoms with Crippen molar-refractivity contribution in [2.24, 2.45) is 0 Å². The fraction of sp³-hybridized carbons (Fsp3) is 0.467. The molecule has 3 rings (SSSR count). The number of anilines is 1. The van der Waals surface area contributed by atoms with Gasteiger partial charge in [-0.1, -0.05) is 23.9 Å². The molecule has 1 heterocycles. The van der Waals surface area contributed by atoms with E-state index >= 15 is 0 Å². The molecule has 7 nitrogen and oxygen atoms in total. The number of rotatable bonds is 7. The first-order valence-electron chi connectivity index (χ1n) is 7.66. The smallest absolute Gasteiger partial charge is 0.237 e. The van der Waals surface area contributed by atoms with Crippen LogP contribution in [0.15, 0.2) is 29.4 Å². The van der Waals surface area contributed by atoms with Gasteiger partial charge in [0.25, 0.3) is 0 Å².